The molecule has 0 radical (unpaired) electrons. The molecular formula is C12H15N. The van der Waals surface area contributed by atoms with Gasteiger partial charge in [-0.05, 0) is 17.5 Å². The number of nitrogens with two attached hydrogens (primary N) is 1. The summed E-state index contributed by atoms with van der Waals surface area (Å²) < 4.78 is 0. The number of hydrogen-bond donors (Lipinski definition) is 1. The summed E-state index contributed by atoms with van der Waals surface area (Å²) in [5.41, 5.74) is 8.17. The normalized spacial score (nSPS) is 12.1. The van der Waals surface area contributed by atoms with Crippen molar-refractivity contribution in [3.8, 4) is 0 Å². The highest BCUT2D eigenvalue weighted by molar-refractivity contribution is 5.48. The molecule has 0 amide bonds. The monoisotopic (exact) mass is 173 g/mol. The molecule has 13 heavy (non-hydrogen) atoms. The molecule has 0 bridgehead atoms. The molecule has 1 atom stereocenters. The zero-order chi connectivity index (χ0) is 9.68. The predicted molar refractivity (Wildman–Crippen MR) is 58.3 cm³/mol. The van der Waals surface area contributed by atoms with E-state index in [9.17, 15) is 0 Å². The lowest BCUT2D eigenvalue weighted by atomic mass is 10.0. The van der Waals surface area contributed by atoms with Crippen LogP contribution in [0.15, 0.2) is 43.5 Å². The molecule has 0 aliphatic rings. The van der Waals surface area contributed by atoms with Crippen LogP contribution in [0.5, 0.6) is 0 Å². The summed E-state index contributed by atoms with van der Waals surface area (Å²) in [6.07, 6.45) is 4.47. The first kappa shape index (κ1) is 9.75. The second kappa shape index (κ2) is 4.63. The van der Waals surface area contributed by atoms with Gasteiger partial charge < -0.3 is 5.73 Å². The SMILES string of the molecule is C=CCC(N)c1cccc(C=C)c1. The highest BCUT2D eigenvalue weighted by atomic mass is 14.6. The third-order valence-corrected chi connectivity index (χ3v) is 2.00. The van der Waals surface area contributed by atoms with Crippen molar-refractivity contribution in [1.29, 1.82) is 0 Å². The van der Waals surface area contributed by atoms with Crippen molar-refractivity contribution in [2.75, 3.05) is 0 Å². The quantitative estimate of drug-likeness (QED) is 0.696. The average molecular weight is 173 g/mol. The molecule has 1 aromatic rings. The summed E-state index contributed by atoms with van der Waals surface area (Å²) in [7, 11) is 0. The first-order valence-electron chi connectivity index (χ1n) is 4.37. The van der Waals surface area contributed by atoms with Crippen LogP contribution < -0.4 is 5.73 Å². The molecule has 0 aliphatic carbocycles. The Morgan fingerprint density at radius 3 is 2.77 bits per heavy atom. The van der Waals surface area contributed by atoms with E-state index in [4.69, 9.17) is 5.73 Å². The molecule has 1 heteroatoms. The summed E-state index contributed by atoms with van der Waals surface area (Å²) in [5.74, 6) is 0. The van der Waals surface area contributed by atoms with Crippen molar-refractivity contribution in [2.24, 2.45) is 5.73 Å². The Labute approximate surface area is 79.6 Å². The maximum absolute atomic E-state index is 5.92. The molecule has 2 N–H and O–H groups in total. The molecule has 0 aliphatic heterocycles. The Hall–Kier alpha value is -1.34. The lowest BCUT2D eigenvalue weighted by Gasteiger charge is -2.09. The van der Waals surface area contributed by atoms with Crippen LogP contribution in [-0.2, 0) is 0 Å². The van der Waals surface area contributed by atoms with E-state index < -0.39 is 0 Å². The van der Waals surface area contributed by atoms with Gasteiger partial charge in [0.05, 0.1) is 0 Å². The number of rotatable bonds is 4. The first-order valence-corrected chi connectivity index (χ1v) is 4.37. The minimum absolute atomic E-state index is 0.0531. The topological polar surface area (TPSA) is 26.0 Å². The van der Waals surface area contributed by atoms with Crippen molar-refractivity contribution in [3.63, 3.8) is 0 Å². The van der Waals surface area contributed by atoms with Gasteiger partial charge in [-0.2, -0.15) is 0 Å². The molecule has 1 nitrogen and oxygen atoms in total. The molecule has 0 heterocycles. The molecule has 68 valence electrons. The summed E-state index contributed by atoms with van der Waals surface area (Å²) in [4.78, 5) is 0. The van der Waals surface area contributed by atoms with E-state index in [0.29, 0.717) is 0 Å². The van der Waals surface area contributed by atoms with Gasteiger partial charge in [0.25, 0.3) is 0 Å². The summed E-state index contributed by atoms with van der Waals surface area (Å²) in [6, 6.07) is 8.15. The fourth-order valence-electron chi connectivity index (χ4n) is 1.23. The minimum atomic E-state index is 0.0531. The van der Waals surface area contributed by atoms with E-state index in [1.54, 1.807) is 0 Å². The van der Waals surface area contributed by atoms with Gasteiger partial charge in [0.15, 0.2) is 0 Å². The van der Waals surface area contributed by atoms with Crippen LogP contribution in [0.2, 0.25) is 0 Å². The largest absolute Gasteiger partial charge is 0.324 e. The lowest BCUT2D eigenvalue weighted by Crippen LogP contribution is -2.08. The Morgan fingerprint density at radius 1 is 1.38 bits per heavy atom. The number of benzene rings is 1. The molecule has 0 spiro atoms. The van der Waals surface area contributed by atoms with Gasteiger partial charge in [-0.25, -0.2) is 0 Å². The molecule has 1 unspecified atom stereocenters. The van der Waals surface area contributed by atoms with Gasteiger partial charge in [-0.1, -0.05) is 43.0 Å². The molecule has 0 aromatic heterocycles. The maximum Gasteiger partial charge on any atom is 0.0329 e. The van der Waals surface area contributed by atoms with Crippen molar-refractivity contribution in [3.05, 3.63) is 54.6 Å². The minimum Gasteiger partial charge on any atom is -0.324 e. The molecule has 1 rings (SSSR count). The molecular weight excluding hydrogens is 158 g/mol. The fourth-order valence-corrected chi connectivity index (χ4v) is 1.23. The van der Waals surface area contributed by atoms with Crippen LogP contribution >= 0.6 is 0 Å². The fraction of sp³-hybridized carbons (Fsp3) is 0.167. The first-order chi connectivity index (χ1) is 6.27. The Kier molecular flexibility index (Phi) is 3.47. The second-order valence-corrected chi connectivity index (χ2v) is 3.01. The highest BCUT2D eigenvalue weighted by Gasteiger charge is 2.02. The van der Waals surface area contributed by atoms with E-state index in [-0.39, 0.29) is 6.04 Å². The van der Waals surface area contributed by atoms with E-state index in [2.05, 4.69) is 19.2 Å². The van der Waals surface area contributed by atoms with Crippen LogP contribution in [0.4, 0.5) is 0 Å². The van der Waals surface area contributed by atoms with Crippen LogP contribution in [0, 0.1) is 0 Å². The Bertz CT molecular complexity index is 302. The average Bonchev–Trinajstić information content (AvgIpc) is 2.18. The summed E-state index contributed by atoms with van der Waals surface area (Å²) >= 11 is 0. The van der Waals surface area contributed by atoms with E-state index in [1.807, 2.05) is 30.4 Å². The van der Waals surface area contributed by atoms with Crippen LogP contribution in [0.3, 0.4) is 0 Å². The Balaban J connectivity index is 2.87. The lowest BCUT2D eigenvalue weighted by molar-refractivity contribution is 0.741. The summed E-state index contributed by atoms with van der Waals surface area (Å²) in [5, 5.41) is 0. The van der Waals surface area contributed by atoms with Crippen molar-refractivity contribution >= 4 is 6.08 Å². The summed E-state index contributed by atoms with van der Waals surface area (Å²) in [6.45, 7) is 7.38. The zero-order valence-corrected chi connectivity index (χ0v) is 7.74. The van der Waals surface area contributed by atoms with Crippen LogP contribution in [0.25, 0.3) is 6.08 Å². The van der Waals surface area contributed by atoms with Crippen molar-refractivity contribution in [1.82, 2.24) is 0 Å². The van der Waals surface area contributed by atoms with Gasteiger partial charge >= 0.3 is 0 Å². The number of hydrogen-bond acceptors (Lipinski definition) is 1. The van der Waals surface area contributed by atoms with Crippen molar-refractivity contribution < 1.29 is 0 Å². The third kappa shape index (κ3) is 2.56. The van der Waals surface area contributed by atoms with E-state index in [0.717, 1.165) is 17.5 Å². The smallest absolute Gasteiger partial charge is 0.0329 e. The van der Waals surface area contributed by atoms with E-state index in [1.165, 1.54) is 0 Å². The van der Waals surface area contributed by atoms with E-state index >= 15 is 0 Å². The predicted octanol–water partition coefficient (Wildman–Crippen LogP) is 2.91. The van der Waals surface area contributed by atoms with Crippen LogP contribution in [0.1, 0.15) is 23.6 Å². The zero-order valence-electron chi connectivity index (χ0n) is 7.74. The van der Waals surface area contributed by atoms with Crippen molar-refractivity contribution in [2.45, 2.75) is 12.5 Å². The van der Waals surface area contributed by atoms with Gasteiger partial charge in [0, 0.05) is 6.04 Å². The Morgan fingerprint density at radius 2 is 2.15 bits per heavy atom. The molecule has 0 fully saturated rings. The van der Waals surface area contributed by atoms with Gasteiger partial charge in [0.2, 0.25) is 0 Å². The van der Waals surface area contributed by atoms with Gasteiger partial charge in [-0.15, -0.1) is 6.58 Å². The van der Waals surface area contributed by atoms with Crippen LogP contribution in [-0.4, -0.2) is 0 Å². The van der Waals surface area contributed by atoms with Gasteiger partial charge in [0.1, 0.15) is 0 Å². The maximum atomic E-state index is 5.92. The molecule has 0 saturated heterocycles. The molecule has 1 aromatic carbocycles. The molecule has 0 saturated carbocycles. The highest BCUT2D eigenvalue weighted by Crippen LogP contribution is 2.16. The van der Waals surface area contributed by atoms with Gasteiger partial charge in [-0.3, -0.25) is 0 Å². The third-order valence-electron chi connectivity index (χ3n) is 2.00. The second-order valence-electron chi connectivity index (χ2n) is 3.01. The standard InChI is InChI=1S/C12H15N/c1-3-6-12(13)11-8-5-7-10(4-2)9-11/h3-5,7-9,12H,1-2,6,13H2.